The summed E-state index contributed by atoms with van der Waals surface area (Å²) in [4.78, 5) is 1.86. The highest BCUT2D eigenvalue weighted by Crippen LogP contribution is 2.31. The van der Waals surface area contributed by atoms with Gasteiger partial charge in [-0.15, -0.1) is 0 Å². The molecule has 0 aliphatic heterocycles. The van der Waals surface area contributed by atoms with Gasteiger partial charge in [0, 0.05) is 12.7 Å². The molecular weight excluding hydrogens is 241 g/mol. The molecule has 0 saturated heterocycles. The van der Waals surface area contributed by atoms with Crippen molar-refractivity contribution in [2.24, 2.45) is 0 Å². The number of hydrogen-bond donors (Lipinski definition) is 1. The Kier molecular flexibility index (Phi) is 3.39. The van der Waals surface area contributed by atoms with Crippen LogP contribution in [0.1, 0.15) is 11.1 Å². The summed E-state index contributed by atoms with van der Waals surface area (Å²) in [5, 5.41) is 8.77. The zero-order chi connectivity index (χ0) is 14.0. The van der Waals surface area contributed by atoms with E-state index in [0.29, 0.717) is 16.8 Å². The number of benzene rings is 2. The number of hydrogen-bond acceptors (Lipinski definition) is 3. The van der Waals surface area contributed by atoms with Gasteiger partial charge in [-0.3, -0.25) is 0 Å². The molecular formula is C15H14FN3. The molecule has 0 spiro atoms. The van der Waals surface area contributed by atoms with Gasteiger partial charge in [0.15, 0.2) is 0 Å². The van der Waals surface area contributed by atoms with Crippen LogP contribution < -0.4 is 10.6 Å². The van der Waals surface area contributed by atoms with E-state index in [4.69, 9.17) is 11.0 Å². The van der Waals surface area contributed by atoms with E-state index in [9.17, 15) is 4.39 Å². The average Bonchev–Trinajstić information content (AvgIpc) is 2.42. The lowest BCUT2D eigenvalue weighted by atomic mass is 10.1. The van der Waals surface area contributed by atoms with Crippen LogP contribution in [0.4, 0.5) is 21.5 Å². The Bertz CT molecular complexity index is 642. The molecule has 0 heterocycles. The van der Waals surface area contributed by atoms with Crippen molar-refractivity contribution in [2.45, 2.75) is 6.92 Å². The number of rotatable bonds is 2. The van der Waals surface area contributed by atoms with Crippen LogP contribution >= 0.6 is 0 Å². The van der Waals surface area contributed by atoms with Crippen LogP contribution in [0.2, 0.25) is 0 Å². The minimum absolute atomic E-state index is 0.311. The second kappa shape index (κ2) is 4.99. The zero-order valence-corrected chi connectivity index (χ0v) is 10.8. The Labute approximate surface area is 111 Å². The fraction of sp³-hybridized carbons (Fsp3) is 0.133. The molecule has 2 aromatic rings. The average molecular weight is 255 g/mol. The summed E-state index contributed by atoms with van der Waals surface area (Å²) in [5.41, 5.74) is 9.00. The van der Waals surface area contributed by atoms with E-state index in [0.717, 1.165) is 11.4 Å². The summed E-state index contributed by atoms with van der Waals surface area (Å²) >= 11 is 0. The molecule has 0 amide bonds. The Balaban J connectivity index is 2.41. The van der Waals surface area contributed by atoms with E-state index in [-0.39, 0.29) is 5.82 Å². The number of nitriles is 1. The van der Waals surface area contributed by atoms with Gasteiger partial charge in [0.25, 0.3) is 0 Å². The van der Waals surface area contributed by atoms with Crippen LogP contribution in [-0.4, -0.2) is 7.05 Å². The molecule has 4 heteroatoms. The number of nitrogen functional groups attached to an aromatic ring is 1. The van der Waals surface area contributed by atoms with Crippen LogP contribution in [0, 0.1) is 24.1 Å². The zero-order valence-electron chi connectivity index (χ0n) is 10.8. The van der Waals surface area contributed by atoms with Gasteiger partial charge in [0.1, 0.15) is 5.82 Å². The number of anilines is 3. The number of nitrogens with zero attached hydrogens (tertiary/aromatic N) is 2. The van der Waals surface area contributed by atoms with Gasteiger partial charge in [-0.2, -0.15) is 5.26 Å². The quantitative estimate of drug-likeness (QED) is 0.837. The van der Waals surface area contributed by atoms with Crippen molar-refractivity contribution in [1.29, 1.82) is 5.26 Å². The van der Waals surface area contributed by atoms with Crippen LogP contribution in [0.3, 0.4) is 0 Å². The predicted molar refractivity (Wildman–Crippen MR) is 74.8 cm³/mol. The smallest absolute Gasteiger partial charge is 0.128 e. The molecule has 0 saturated carbocycles. The third-order valence-electron chi connectivity index (χ3n) is 3.05. The molecule has 2 aromatic carbocycles. The van der Waals surface area contributed by atoms with Crippen molar-refractivity contribution < 1.29 is 4.39 Å². The molecule has 0 radical (unpaired) electrons. The van der Waals surface area contributed by atoms with Gasteiger partial charge in [0.05, 0.1) is 23.0 Å². The molecule has 0 aliphatic rings. The van der Waals surface area contributed by atoms with E-state index >= 15 is 0 Å². The van der Waals surface area contributed by atoms with E-state index < -0.39 is 0 Å². The summed E-state index contributed by atoms with van der Waals surface area (Å²) in [6.45, 7) is 1.70. The fourth-order valence-electron chi connectivity index (χ4n) is 1.87. The molecule has 0 aromatic heterocycles. The number of halogens is 1. The summed E-state index contributed by atoms with van der Waals surface area (Å²) in [5.74, 6) is -0.311. The molecule has 0 unspecified atom stereocenters. The van der Waals surface area contributed by atoms with Gasteiger partial charge >= 0.3 is 0 Å². The minimum atomic E-state index is -0.311. The van der Waals surface area contributed by atoms with E-state index in [1.54, 1.807) is 25.1 Å². The monoisotopic (exact) mass is 255 g/mol. The van der Waals surface area contributed by atoms with Crippen LogP contribution in [0.25, 0.3) is 0 Å². The molecule has 0 fully saturated rings. The topological polar surface area (TPSA) is 53.0 Å². The summed E-state index contributed by atoms with van der Waals surface area (Å²) in [6.07, 6.45) is 0. The molecule has 0 bridgehead atoms. The Hall–Kier alpha value is -2.54. The molecule has 0 atom stereocenters. The number of aryl methyl sites for hydroxylation is 1. The van der Waals surface area contributed by atoms with Crippen molar-refractivity contribution in [2.75, 3.05) is 17.7 Å². The largest absolute Gasteiger partial charge is 0.397 e. The van der Waals surface area contributed by atoms with Crippen molar-refractivity contribution >= 4 is 17.1 Å². The van der Waals surface area contributed by atoms with Gasteiger partial charge < -0.3 is 10.6 Å². The van der Waals surface area contributed by atoms with Gasteiger partial charge in [-0.25, -0.2) is 4.39 Å². The first-order valence-corrected chi connectivity index (χ1v) is 5.82. The fourth-order valence-corrected chi connectivity index (χ4v) is 1.87. The first-order valence-electron chi connectivity index (χ1n) is 5.82. The van der Waals surface area contributed by atoms with Crippen molar-refractivity contribution in [3.8, 4) is 6.07 Å². The van der Waals surface area contributed by atoms with Gasteiger partial charge in [0.2, 0.25) is 0 Å². The Morgan fingerprint density at radius 2 is 1.84 bits per heavy atom. The van der Waals surface area contributed by atoms with E-state index in [1.807, 2.05) is 24.1 Å². The normalized spacial score (nSPS) is 10.0. The maximum atomic E-state index is 13.4. The highest BCUT2D eigenvalue weighted by Gasteiger charge is 2.10. The first-order chi connectivity index (χ1) is 9.02. The molecule has 3 nitrogen and oxygen atoms in total. The van der Waals surface area contributed by atoms with Crippen molar-refractivity contribution in [3.05, 3.63) is 53.3 Å². The van der Waals surface area contributed by atoms with Crippen LogP contribution in [0.5, 0.6) is 0 Å². The minimum Gasteiger partial charge on any atom is -0.397 e. The lowest BCUT2D eigenvalue weighted by molar-refractivity contribution is 0.619. The van der Waals surface area contributed by atoms with Crippen molar-refractivity contribution in [1.82, 2.24) is 0 Å². The molecule has 2 rings (SSSR count). The highest BCUT2D eigenvalue weighted by atomic mass is 19.1. The third kappa shape index (κ3) is 2.50. The number of nitrogens with two attached hydrogens (primary N) is 1. The second-order valence-electron chi connectivity index (χ2n) is 4.38. The first kappa shape index (κ1) is 12.9. The van der Waals surface area contributed by atoms with E-state index in [1.165, 1.54) is 6.07 Å². The lowest BCUT2D eigenvalue weighted by Crippen LogP contribution is -2.12. The van der Waals surface area contributed by atoms with Gasteiger partial charge in [-0.1, -0.05) is 0 Å². The molecule has 96 valence electrons. The predicted octanol–water partition coefficient (Wildman–Crippen LogP) is 3.36. The summed E-state index contributed by atoms with van der Waals surface area (Å²) in [6, 6.07) is 12.2. The maximum Gasteiger partial charge on any atom is 0.128 e. The molecule has 2 N–H and O–H groups in total. The lowest BCUT2D eigenvalue weighted by Gasteiger charge is -2.22. The summed E-state index contributed by atoms with van der Waals surface area (Å²) < 4.78 is 13.4. The van der Waals surface area contributed by atoms with E-state index in [2.05, 4.69) is 6.07 Å². The highest BCUT2D eigenvalue weighted by molar-refractivity contribution is 5.75. The molecule has 19 heavy (non-hydrogen) atoms. The van der Waals surface area contributed by atoms with Gasteiger partial charge in [-0.05, 0) is 48.9 Å². The molecule has 0 aliphatic carbocycles. The van der Waals surface area contributed by atoms with Crippen LogP contribution in [-0.2, 0) is 0 Å². The SMILES string of the molecule is Cc1cc(N(C)c2ccc(C#N)cc2)c(N)cc1F. The van der Waals surface area contributed by atoms with Crippen LogP contribution in [0.15, 0.2) is 36.4 Å². The Morgan fingerprint density at radius 3 is 2.42 bits per heavy atom. The maximum absolute atomic E-state index is 13.4. The standard InChI is InChI=1S/C15H14FN3/c1-10-7-15(14(18)8-13(10)16)19(2)12-5-3-11(9-17)4-6-12/h3-8H,18H2,1-2H3. The summed E-state index contributed by atoms with van der Waals surface area (Å²) in [7, 11) is 1.85. The second-order valence-corrected chi connectivity index (χ2v) is 4.38. The Morgan fingerprint density at radius 1 is 1.21 bits per heavy atom. The van der Waals surface area contributed by atoms with Crippen molar-refractivity contribution in [3.63, 3.8) is 0 Å². The third-order valence-corrected chi connectivity index (χ3v) is 3.05.